The fraction of sp³-hybridized carbons (Fsp3) is 0.905. The van der Waals surface area contributed by atoms with Gasteiger partial charge >= 0.3 is 11.9 Å². The fourth-order valence-corrected chi connectivity index (χ4v) is 2.99. The minimum Gasteiger partial charge on any atom is -0.481 e. The Balaban J connectivity index is 3.09. The van der Waals surface area contributed by atoms with Gasteiger partial charge in [-0.3, -0.25) is 9.59 Å². The van der Waals surface area contributed by atoms with E-state index in [4.69, 9.17) is 9.84 Å². The lowest BCUT2D eigenvalue weighted by atomic mass is 10.0. The second-order valence-corrected chi connectivity index (χ2v) is 7.38. The Labute approximate surface area is 154 Å². The quantitative estimate of drug-likeness (QED) is 0.232. The zero-order valence-corrected chi connectivity index (χ0v) is 16.6. The molecule has 0 aliphatic rings. The second kappa shape index (κ2) is 17.8. The number of carboxylic acid groups (broad SMARTS) is 1. The van der Waals surface area contributed by atoms with Crippen LogP contribution in [0.4, 0.5) is 0 Å². The number of rotatable bonds is 18. The van der Waals surface area contributed by atoms with Crippen molar-refractivity contribution >= 4 is 11.9 Å². The molecule has 0 heterocycles. The highest BCUT2D eigenvalue weighted by molar-refractivity contribution is 5.69. The van der Waals surface area contributed by atoms with Crippen molar-refractivity contribution < 1.29 is 19.4 Å². The third-order valence-corrected chi connectivity index (χ3v) is 4.39. The van der Waals surface area contributed by atoms with Crippen LogP contribution in [0.15, 0.2) is 0 Å². The van der Waals surface area contributed by atoms with E-state index in [1.807, 2.05) is 13.8 Å². The summed E-state index contributed by atoms with van der Waals surface area (Å²) in [7, 11) is 0. The Morgan fingerprint density at radius 1 is 0.640 bits per heavy atom. The van der Waals surface area contributed by atoms with E-state index in [-0.39, 0.29) is 12.1 Å². The molecule has 0 saturated carbocycles. The molecule has 4 heteroatoms. The van der Waals surface area contributed by atoms with Gasteiger partial charge in [-0.2, -0.15) is 0 Å². The topological polar surface area (TPSA) is 63.6 Å². The van der Waals surface area contributed by atoms with Gasteiger partial charge in [0.05, 0.1) is 6.10 Å². The molecule has 148 valence electrons. The van der Waals surface area contributed by atoms with Crippen LogP contribution in [0.25, 0.3) is 0 Å². The molecule has 0 aromatic carbocycles. The smallest absolute Gasteiger partial charge is 0.306 e. The summed E-state index contributed by atoms with van der Waals surface area (Å²) in [4.78, 5) is 21.7. The van der Waals surface area contributed by atoms with Crippen molar-refractivity contribution in [2.75, 3.05) is 0 Å². The van der Waals surface area contributed by atoms with Crippen LogP contribution in [-0.4, -0.2) is 23.1 Å². The van der Waals surface area contributed by atoms with Crippen molar-refractivity contribution in [3.8, 4) is 0 Å². The third-order valence-electron chi connectivity index (χ3n) is 4.39. The Hall–Kier alpha value is -1.06. The molecule has 0 amide bonds. The van der Waals surface area contributed by atoms with Gasteiger partial charge in [0.2, 0.25) is 0 Å². The number of carbonyl (C=O) groups excluding carboxylic acids is 1. The van der Waals surface area contributed by atoms with E-state index in [1.54, 1.807) is 0 Å². The number of hydrogen-bond acceptors (Lipinski definition) is 3. The van der Waals surface area contributed by atoms with Gasteiger partial charge in [0.25, 0.3) is 0 Å². The lowest BCUT2D eigenvalue weighted by molar-refractivity contribution is -0.147. The maximum absolute atomic E-state index is 11.4. The van der Waals surface area contributed by atoms with Crippen LogP contribution in [0.1, 0.15) is 117 Å². The highest BCUT2D eigenvalue weighted by Gasteiger charge is 2.04. The number of unbranched alkanes of at least 4 members (excludes halogenated alkanes) is 13. The Bertz CT molecular complexity index is 326. The Morgan fingerprint density at radius 2 is 0.960 bits per heavy atom. The minimum atomic E-state index is -0.673. The van der Waals surface area contributed by atoms with E-state index >= 15 is 0 Å². The molecule has 0 aliphatic carbocycles. The number of aliphatic carboxylic acids is 1. The molecule has 0 unspecified atom stereocenters. The van der Waals surface area contributed by atoms with E-state index in [9.17, 15) is 9.59 Å². The van der Waals surface area contributed by atoms with Crippen LogP contribution in [0.5, 0.6) is 0 Å². The molecule has 1 N–H and O–H groups in total. The van der Waals surface area contributed by atoms with Gasteiger partial charge in [-0.25, -0.2) is 0 Å². The van der Waals surface area contributed by atoms with Gasteiger partial charge < -0.3 is 9.84 Å². The number of carbonyl (C=O) groups is 2. The third kappa shape index (κ3) is 20.9. The average molecular weight is 357 g/mol. The molecule has 0 spiro atoms. The lowest BCUT2D eigenvalue weighted by Crippen LogP contribution is -2.10. The van der Waals surface area contributed by atoms with Crippen molar-refractivity contribution in [1.29, 1.82) is 0 Å². The molecule has 4 nitrogen and oxygen atoms in total. The summed E-state index contributed by atoms with van der Waals surface area (Å²) in [5, 5.41) is 8.55. The molecule has 0 aromatic heterocycles. The first-order chi connectivity index (χ1) is 12.0. The monoisotopic (exact) mass is 356 g/mol. The molecule has 25 heavy (non-hydrogen) atoms. The maximum Gasteiger partial charge on any atom is 0.306 e. The first kappa shape index (κ1) is 23.9. The number of ether oxygens (including phenoxy) is 1. The molecule has 0 radical (unpaired) electrons. The summed E-state index contributed by atoms with van der Waals surface area (Å²) in [6.45, 7) is 3.78. The van der Waals surface area contributed by atoms with Crippen molar-refractivity contribution in [3.63, 3.8) is 0 Å². The minimum absolute atomic E-state index is 0.00411. The van der Waals surface area contributed by atoms with E-state index < -0.39 is 5.97 Å². The molecule has 0 aliphatic heterocycles. The summed E-state index contributed by atoms with van der Waals surface area (Å²) in [6.07, 6.45) is 17.7. The zero-order valence-electron chi connectivity index (χ0n) is 16.6. The second-order valence-electron chi connectivity index (χ2n) is 7.38. The number of hydrogen-bond donors (Lipinski definition) is 1. The zero-order chi connectivity index (χ0) is 18.8. The largest absolute Gasteiger partial charge is 0.481 e. The summed E-state index contributed by atoms with van der Waals surface area (Å²) in [6, 6.07) is 0. The maximum atomic E-state index is 11.4. The Kier molecular flexibility index (Phi) is 17.0. The van der Waals surface area contributed by atoms with Crippen LogP contribution < -0.4 is 0 Å². The van der Waals surface area contributed by atoms with Crippen molar-refractivity contribution in [2.45, 2.75) is 123 Å². The van der Waals surface area contributed by atoms with Crippen LogP contribution in [0, 0.1) is 0 Å². The van der Waals surface area contributed by atoms with Crippen molar-refractivity contribution in [3.05, 3.63) is 0 Å². The predicted octanol–water partition coefficient (Wildman–Crippen LogP) is 6.26. The van der Waals surface area contributed by atoms with Gasteiger partial charge in [-0.05, 0) is 26.7 Å². The molecule has 0 aromatic rings. The number of esters is 1. The molecular formula is C21H40O4. The molecule has 0 saturated heterocycles. The van der Waals surface area contributed by atoms with E-state index in [2.05, 4.69) is 0 Å². The van der Waals surface area contributed by atoms with E-state index in [0.717, 1.165) is 25.7 Å². The fourth-order valence-electron chi connectivity index (χ4n) is 2.99. The van der Waals surface area contributed by atoms with Gasteiger partial charge in [-0.1, -0.05) is 77.0 Å². The van der Waals surface area contributed by atoms with Crippen LogP contribution in [0.3, 0.4) is 0 Å². The summed E-state index contributed by atoms with van der Waals surface area (Å²) >= 11 is 0. The normalized spacial score (nSPS) is 11.0. The first-order valence-electron chi connectivity index (χ1n) is 10.4. The van der Waals surface area contributed by atoms with Crippen LogP contribution >= 0.6 is 0 Å². The van der Waals surface area contributed by atoms with Gasteiger partial charge in [-0.15, -0.1) is 0 Å². The van der Waals surface area contributed by atoms with E-state index in [0.29, 0.717) is 12.8 Å². The van der Waals surface area contributed by atoms with Crippen molar-refractivity contribution in [1.82, 2.24) is 0 Å². The summed E-state index contributed by atoms with van der Waals surface area (Å²) < 4.78 is 5.12. The standard InChI is InChI=1S/C21H40O4/c1-19(2)25-21(24)18-16-14-12-10-8-6-4-3-5-7-9-11-13-15-17-20(22)23/h19H,3-18H2,1-2H3,(H,22,23). The van der Waals surface area contributed by atoms with Gasteiger partial charge in [0, 0.05) is 12.8 Å². The molecule has 0 bridgehead atoms. The molecular weight excluding hydrogens is 316 g/mol. The highest BCUT2D eigenvalue weighted by Crippen LogP contribution is 2.14. The molecule has 0 rings (SSSR count). The number of carboxylic acids is 1. The Morgan fingerprint density at radius 3 is 1.28 bits per heavy atom. The van der Waals surface area contributed by atoms with Crippen molar-refractivity contribution in [2.24, 2.45) is 0 Å². The SMILES string of the molecule is CC(C)OC(=O)CCCCCCCCCCCCCCCCC(=O)O. The van der Waals surface area contributed by atoms with Gasteiger partial charge in [0.1, 0.15) is 0 Å². The molecule has 0 atom stereocenters. The van der Waals surface area contributed by atoms with E-state index in [1.165, 1.54) is 64.2 Å². The average Bonchev–Trinajstić information content (AvgIpc) is 2.53. The van der Waals surface area contributed by atoms with Crippen LogP contribution in [-0.2, 0) is 14.3 Å². The lowest BCUT2D eigenvalue weighted by Gasteiger charge is -2.07. The molecule has 0 fully saturated rings. The summed E-state index contributed by atoms with van der Waals surface area (Å²) in [5.41, 5.74) is 0. The van der Waals surface area contributed by atoms with Gasteiger partial charge in [0.15, 0.2) is 0 Å². The summed E-state index contributed by atoms with van der Waals surface area (Å²) in [5.74, 6) is -0.731. The highest BCUT2D eigenvalue weighted by atomic mass is 16.5. The first-order valence-corrected chi connectivity index (χ1v) is 10.4. The van der Waals surface area contributed by atoms with Crippen LogP contribution in [0.2, 0.25) is 0 Å². The predicted molar refractivity (Wildman–Crippen MR) is 103 cm³/mol.